The lowest BCUT2D eigenvalue weighted by Crippen LogP contribution is -2.23. The minimum Gasteiger partial charge on any atom is -0.408 e. The fraction of sp³-hybridized carbons (Fsp3) is 0.118. The molecule has 0 fully saturated rings. The first kappa shape index (κ1) is 17.2. The molecule has 10 heteroatoms. The molecule has 27 heavy (non-hydrogen) atoms. The second-order valence-electron chi connectivity index (χ2n) is 5.76. The highest BCUT2D eigenvalue weighted by Gasteiger charge is 2.16. The number of sulfonamides is 1. The van der Waals surface area contributed by atoms with Crippen molar-refractivity contribution in [2.45, 2.75) is 11.4 Å². The number of hydrogen-bond acceptors (Lipinski definition) is 7. The molecule has 0 aliphatic rings. The van der Waals surface area contributed by atoms with E-state index in [0.717, 1.165) is 0 Å². The number of aromatic nitrogens is 3. The zero-order valence-electron chi connectivity index (χ0n) is 14.1. The van der Waals surface area contributed by atoms with Crippen LogP contribution in [-0.4, -0.2) is 23.1 Å². The van der Waals surface area contributed by atoms with Crippen LogP contribution in [0.3, 0.4) is 0 Å². The molecule has 9 nitrogen and oxygen atoms in total. The average Bonchev–Trinajstić information content (AvgIpc) is 3.26. The van der Waals surface area contributed by atoms with Gasteiger partial charge < -0.3 is 8.94 Å². The Morgan fingerprint density at radius 3 is 2.70 bits per heavy atom. The molecular formula is C17H14N4O5S. The van der Waals surface area contributed by atoms with Gasteiger partial charge >= 0.3 is 5.76 Å². The number of nitrogens with one attached hydrogen (secondary N) is 1. The smallest absolute Gasteiger partial charge is 0.408 e. The number of benzene rings is 2. The van der Waals surface area contributed by atoms with E-state index in [1.165, 1.54) is 16.7 Å². The van der Waals surface area contributed by atoms with Gasteiger partial charge in [0.1, 0.15) is 0 Å². The molecule has 2 heterocycles. The molecule has 0 saturated heterocycles. The van der Waals surface area contributed by atoms with Crippen LogP contribution in [0.25, 0.3) is 22.5 Å². The maximum atomic E-state index is 12.2. The van der Waals surface area contributed by atoms with Crippen LogP contribution in [0.1, 0.15) is 5.89 Å². The summed E-state index contributed by atoms with van der Waals surface area (Å²) in [5, 5.41) is 3.85. The van der Waals surface area contributed by atoms with E-state index in [1.54, 1.807) is 43.4 Å². The average molecular weight is 386 g/mol. The second-order valence-corrected chi connectivity index (χ2v) is 7.53. The van der Waals surface area contributed by atoms with Crippen LogP contribution in [0.2, 0.25) is 0 Å². The Kier molecular flexibility index (Phi) is 4.13. The lowest BCUT2D eigenvalue weighted by atomic mass is 10.2. The third kappa shape index (κ3) is 3.27. The van der Waals surface area contributed by atoms with Crippen molar-refractivity contribution in [1.29, 1.82) is 0 Å². The predicted octanol–water partition coefficient (Wildman–Crippen LogP) is 1.66. The molecule has 0 aliphatic carbocycles. The van der Waals surface area contributed by atoms with Gasteiger partial charge in [-0.1, -0.05) is 23.4 Å². The van der Waals surface area contributed by atoms with Gasteiger partial charge in [-0.2, -0.15) is 4.98 Å². The van der Waals surface area contributed by atoms with Gasteiger partial charge in [-0.05, 0) is 30.3 Å². The fourth-order valence-electron chi connectivity index (χ4n) is 2.56. The normalized spacial score (nSPS) is 11.9. The molecular weight excluding hydrogens is 372 g/mol. The highest BCUT2D eigenvalue weighted by Crippen LogP contribution is 2.21. The summed E-state index contributed by atoms with van der Waals surface area (Å²) in [4.78, 5) is 15.9. The quantitative estimate of drug-likeness (QED) is 0.554. The first-order valence-electron chi connectivity index (χ1n) is 7.91. The van der Waals surface area contributed by atoms with Gasteiger partial charge in [-0.25, -0.2) is 17.9 Å². The molecule has 1 N–H and O–H groups in total. The SMILES string of the molecule is Cn1c(=O)oc2cc(-c3noc(CNS(=O)(=O)c4ccccc4)n3)ccc21. The summed E-state index contributed by atoms with van der Waals surface area (Å²) < 4.78 is 38.5. The first-order valence-corrected chi connectivity index (χ1v) is 9.39. The molecule has 0 unspecified atom stereocenters. The zero-order chi connectivity index (χ0) is 19.0. The Labute approximate surface area is 153 Å². The van der Waals surface area contributed by atoms with E-state index in [2.05, 4.69) is 14.9 Å². The highest BCUT2D eigenvalue weighted by atomic mass is 32.2. The molecule has 4 rings (SSSR count). The fourth-order valence-corrected chi connectivity index (χ4v) is 3.55. The summed E-state index contributed by atoms with van der Waals surface area (Å²) in [7, 11) is -2.06. The minimum absolute atomic E-state index is 0.110. The molecule has 2 aromatic heterocycles. The summed E-state index contributed by atoms with van der Waals surface area (Å²) >= 11 is 0. The van der Waals surface area contributed by atoms with Gasteiger partial charge in [0, 0.05) is 12.6 Å². The van der Waals surface area contributed by atoms with Crippen molar-refractivity contribution in [3.05, 3.63) is 65.0 Å². The van der Waals surface area contributed by atoms with Crippen LogP contribution in [-0.2, 0) is 23.6 Å². The van der Waals surface area contributed by atoms with Crippen LogP contribution >= 0.6 is 0 Å². The maximum Gasteiger partial charge on any atom is 0.419 e. The summed E-state index contributed by atoms with van der Waals surface area (Å²) in [5.41, 5.74) is 1.62. The van der Waals surface area contributed by atoms with Crippen LogP contribution in [0.5, 0.6) is 0 Å². The Hall–Kier alpha value is -3.24. The highest BCUT2D eigenvalue weighted by molar-refractivity contribution is 7.89. The third-order valence-electron chi connectivity index (χ3n) is 3.99. The van der Waals surface area contributed by atoms with E-state index < -0.39 is 15.8 Å². The van der Waals surface area contributed by atoms with Gasteiger partial charge in [0.2, 0.25) is 21.7 Å². The maximum absolute atomic E-state index is 12.2. The molecule has 0 radical (unpaired) electrons. The van der Waals surface area contributed by atoms with E-state index in [-0.39, 0.29) is 23.2 Å². The molecule has 0 saturated carbocycles. The second kappa shape index (κ2) is 6.49. The van der Waals surface area contributed by atoms with E-state index in [0.29, 0.717) is 16.7 Å². The van der Waals surface area contributed by atoms with E-state index in [4.69, 9.17) is 8.94 Å². The number of oxazole rings is 1. The van der Waals surface area contributed by atoms with Crippen molar-refractivity contribution in [3.63, 3.8) is 0 Å². The number of aryl methyl sites for hydroxylation is 1. The van der Waals surface area contributed by atoms with Crippen LogP contribution < -0.4 is 10.5 Å². The molecule has 0 aliphatic heterocycles. The lowest BCUT2D eigenvalue weighted by Gasteiger charge is -2.03. The summed E-state index contributed by atoms with van der Waals surface area (Å²) in [6.07, 6.45) is 0. The number of hydrogen-bond donors (Lipinski definition) is 1. The Morgan fingerprint density at radius 1 is 1.15 bits per heavy atom. The summed E-state index contributed by atoms with van der Waals surface area (Å²) in [6.45, 7) is -0.146. The van der Waals surface area contributed by atoms with Crippen LogP contribution in [0.4, 0.5) is 0 Å². The Balaban J connectivity index is 1.54. The molecule has 4 aromatic rings. The van der Waals surface area contributed by atoms with Crippen molar-refractivity contribution in [2.75, 3.05) is 0 Å². The Bertz CT molecular complexity index is 1270. The number of rotatable bonds is 5. The summed E-state index contributed by atoms with van der Waals surface area (Å²) in [6, 6.07) is 13.0. The van der Waals surface area contributed by atoms with Gasteiger partial charge in [-0.3, -0.25) is 4.57 Å². The van der Waals surface area contributed by atoms with Gasteiger partial charge in [0.15, 0.2) is 5.58 Å². The zero-order valence-corrected chi connectivity index (χ0v) is 14.9. The Morgan fingerprint density at radius 2 is 1.93 bits per heavy atom. The summed E-state index contributed by atoms with van der Waals surface area (Å²) in [5.74, 6) is -0.0947. The number of nitrogens with zero attached hydrogens (tertiary/aromatic N) is 3. The monoisotopic (exact) mass is 386 g/mol. The van der Waals surface area contributed by atoms with Crippen molar-refractivity contribution >= 4 is 21.1 Å². The molecule has 0 bridgehead atoms. The molecule has 0 atom stereocenters. The van der Waals surface area contributed by atoms with Crippen molar-refractivity contribution < 1.29 is 17.4 Å². The van der Waals surface area contributed by atoms with E-state index in [9.17, 15) is 13.2 Å². The van der Waals surface area contributed by atoms with Gasteiger partial charge in [0.05, 0.1) is 17.0 Å². The lowest BCUT2D eigenvalue weighted by molar-refractivity contribution is 0.376. The van der Waals surface area contributed by atoms with Crippen molar-refractivity contribution in [1.82, 2.24) is 19.4 Å². The standard InChI is InChI=1S/C17H14N4O5S/c1-21-13-8-7-11(9-14(13)25-17(21)22)16-19-15(26-20-16)10-18-27(23,24)12-5-3-2-4-6-12/h2-9,18H,10H2,1H3. The largest absolute Gasteiger partial charge is 0.419 e. The number of fused-ring (bicyclic) bond motifs is 1. The van der Waals surface area contributed by atoms with Crippen LogP contribution in [0, 0.1) is 0 Å². The van der Waals surface area contributed by atoms with Crippen molar-refractivity contribution in [2.24, 2.45) is 7.05 Å². The van der Waals surface area contributed by atoms with Crippen molar-refractivity contribution in [3.8, 4) is 11.4 Å². The van der Waals surface area contributed by atoms with Crippen LogP contribution in [0.15, 0.2) is 67.2 Å². The van der Waals surface area contributed by atoms with Gasteiger partial charge in [-0.15, -0.1) is 0 Å². The first-order chi connectivity index (χ1) is 12.9. The molecule has 0 amide bonds. The third-order valence-corrected chi connectivity index (χ3v) is 5.40. The molecule has 0 spiro atoms. The molecule has 138 valence electrons. The predicted molar refractivity (Wildman–Crippen MR) is 95.2 cm³/mol. The van der Waals surface area contributed by atoms with Gasteiger partial charge in [0.25, 0.3) is 0 Å². The topological polar surface area (TPSA) is 120 Å². The molecule has 2 aromatic carbocycles. The van der Waals surface area contributed by atoms with E-state index in [1.807, 2.05) is 0 Å². The van der Waals surface area contributed by atoms with E-state index >= 15 is 0 Å². The minimum atomic E-state index is -3.67.